The van der Waals surface area contributed by atoms with Crippen LogP contribution in [0.2, 0.25) is 0 Å². The summed E-state index contributed by atoms with van der Waals surface area (Å²) in [6, 6.07) is 19.9. The van der Waals surface area contributed by atoms with E-state index in [0.29, 0.717) is 18.8 Å². The molecule has 2 aromatic carbocycles. The van der Waals surface area contributed by atoms with E-state index in [2.05, 4.69) is 39.6 Å². The molecule has 0 radical (unpaired) electrons. The number of piperidine rings is 1. The van der Waals surface area contributed by atoms with E-state index in [0.717, 1.165) is 69.5 Å². The van der Waals surface area contributed by atoms with Crippen LogP contribution in [0.4, 0.5) is 0 Å². The van der Waals surface area contributed by atoms with Gasteiger partial charge in [0.25, 0.3) is 5.91 Å². The molecule has 8 heteroatoms. The van der Waals surface area contributed by atoms with E-state index in [1.54, 1.807) is 13.2 Å². The average molecular weight is 531 g/mol. The smallest absolute Gasteiger partial charge is 0.273 e. The second-order valence-electron chi connectivity index (χ2n) is 10.6. The zero-order valence-corrected chi connectivity index (χ0v) is 22.7. The first-order chi connectivity index (χ1) is 19.1. The number of nitrogens with one attached hydrogen (secondary N) is 1. The van der Waals surface area contributed by atoms with Gasteiger partial charge in [-0.05, 0) is 48.9 Å². The van der Waals surface area contributed by atoms with E-state index in [1.807, 2.05) is 35.2 Å². The van der Waals surface area contributed by atoms with Crippen molar-refractivity contribution in [3.8, 4) is 5.75 Å². The summed E-state index contributed by atoms with van der Waals surface area (Å²) in [4.78, 5) is 30.8. The number of hydrogen-bond donors (Lipinski definition) is 1. The molecule has 1 aromatic heterocycles. The van der Waals surface area contributed by atoms with Crippen molar-refractivity contribution in [1.29, 1.82) is 0 Å². The molecule has 1 saturated heterocycles. The number of carbonyl (C=O) groups excluding carboxylic acids is 2. The lowest BCUT2D eigenvalue weighted by atomic mass is 9.98. The van der Waals surface area contributed by atoms with Crippen molar-refractivity contribution in [2.24, 2.45) is 5.92 Å². The number of hydrogen-bond acceptors (Lipinski definition) is 6. The highest BCUT2D eigenvalue weighted by Gasteiger charge is 2.34. The Bertz CT molecular complexity index is 1210. The summed E-state index contributed by atoms with van der Waals surface area (Å²) in [6.07, 6.45) is 5.99. The fraction of sp³-hybridized carbons (Fsp3) is 0.452. The van der Waals surface area contributed by atoms with Crippen molar-refractivity contribution in [3.63, 3.8) is 0 Å². The minimum Gasteiger partial charge on any atom is -0.497 e. The molecule has 5 rings (SSSR count). The van der Waals surface area contributed by atoms with Crippen molar-refractivity contribution in [3.05, 3.63) is 83.2 Å². The van der Waals surface area contributed by atoms with Crippen LogP contribution >= 0.6 is 0 Å². The van der Waals surface area contributed by atoms with Crippen molar-refractivity contribution in [2.75, 3.05) is 20.2 Å². The standard InChI is InChI=1S/C31H38N4O4/c1-38-27-13-11-23(12-14-27)20-32-30(36)29-19-28(39-33-29)22-35(31(37)25-9-5-6-10-25)26-15-17-34(18-16-26)21-24-7-3-2-4-8-24/h2-4,7-8,11-14,19,25-26H,5-6,9-10,15-18,20-22H2,1H3,(H,32,36). The molecule has 2 fully saturated rings. The Kier molecular flexibility index (Phi) is 8.93. The third-order valence-electron chi connectivity index (χ3n) is 7.96. The minimum atomic E-state index is -0.302. The molecule has 1 saturated carbocycles. The molecule has 2 amide bonds. The van der Waals surface area contributed by atoms with Crippen molar-refractivity contribution >= 4 is 11.8 Å². The maximum absolute atomic E-state index is 13.6. The molecule has 0 spiro atoms. The zero-order valence-electron chi connectivity index (χ0n) is 22.7. The molecular weight excluding hydrogens is 492 g/mol. The number of aromatic nitrogens is 1. The average Bonchev–Trinajstić information content (AvgIpc) is 3.69. The Morgan fingerprint density at radius 1 is 1.00 bits per heavy atom. The van der Waals surface area contributed by atoms with E-state index < -0.39 is 0 Å². The van der Waals surface area contributed by atoms with Crippen molar-refractivity contribution in [2.45, 2.75) is 64.2 Å². The first kappa shape index (κ1) is 26.9. The molecule has 3 aromatic rings. The number of nitrogens with zero attached hydrogens (tertiary/aromatic N) is 3. The van der Waals surface area contributed by atoms with Gasteiger partial charge in [-0.1, -0.05) is 60.5 Å². The lowest BCUT2D eigenvalue weighted by Crippen LogP contribution is -2.48. The predicted octanol–water partition coefficient (Wildman–Crippen LogP) is 4.80. The molecule has 8 nitrogen and oxygen atoms in total. The Hall–Kier alpha value is -3.65. The molecule has 0 unspecified atom stereocenters. The summed E-state index contributed by atoms with van der Waals surface area (Å²) in [5.74, 6) is 1.31. The van der Waals surface area contributed by atoms with Crippen LogP contribution in [0.3, 0.4) is 0 Å². The van der Waals surface area contributed by atoms with Gasteiger partial charge in [0.1, 0.15) is 5.75 Å². The van der Waals surface area contributed by atoms with Gasteiger partial charge in [-0.3, -0.25) is 14.5 Å². The van der Waals surface area contributed by atoms with Crippen LogP contribution in [0, 0.1) is 5.92 Å². The van der Waals surface area contributed by atoms with E-state index in [9.17, 15) is 9.59 Å². The van der Waals surface area contributed by atoms with Crippen LogP contribution in [-0.2, 0) is 24.4 Å². The van der Waals surface area contributed by atoms with Crippen molar-refractivity contribution in [1.82, 2.24) is 20.3 Å². The molecule has 1 aliphatic heterocycles. The quantitative estimate of drug-likeness (QED) is 0.405. The van der Waals surface area contributed by atoms with Crippen molar-refractivity contribution < 1.29 is 18.8 Å². The SMILES string of the molecule is COc1ccc(CNC(=O)c2cc(CN(C(=O)C3CCCC3)C3CCN(Cc4ccccc4)CC3)on2)cc1. The summed E-state index contributed by atoms with van der Waals surface area (Å²) in [7, 11) is 1.62. The van der Waals surface area contributed by atoms with E-state index in [1.165, 1.54) is 5.56 Å². The Morgan fingerprint density at radius 2 is 1.72 bits per heavy atom. The van der Waals surface area contributed by atoms with Crippen LogP contribution in [0.25, 0.3) is 0 Å². The van der Waals surface area contributed by atoms with Crippen LogP contribution in [-0.4, -0.2) is 53.0 Å². The fourth-order valence-corrected chi connectivity index (χ4v) is 5.70. The lowest BCUT2D eigenvalue weighted by Gasteiger charge is -2.39. The van der Waals surface area contributed by atoms with E-state index >= 15 is 0 Å². The fourth-order valence-electron chi connectivity index (χ4n) is 5.70. The number of methoxy groups -OCH3 is 1. The summed E-state index contributed by atoms with van der Waals surface area (Å²) in [6.45, 7) is 3.55. The van der Waals surface area contributed by atoms with Crippen LogP contribution < -0.4 is 10.1 Å². The first-order valence-electron chi connectivity index (χ1n) is 14.0. The largest absolute Gasteiger partial charge is 0.497 e. The zero-order chi connectivity index (χ0) is 27.0. The van der Waals surface area contributed by atoms with Gasteiger partial charge < -0.3 is 19.5 Å². The predicted molar refractivity (Wildman–Crippen MR) is 148 cm³/mol. The molecule has 2 aliphatic rings. The first-order valence-corrected chi connectivity index (χ1v) is 14.0. The van der Waals surface area contributed by atoms with Crippen LogP contribution in [0.5, 0.6) is 5.75 Å². The third-order valence-corrected chi connectivity index (χ3v) is 7.96. The summed E-state index contributed by atoms with van der Waals surface area (Å²) < 4.78 is 10.8. The van der Waals surface area contributed by atoms with Gasteiger partial charge in [-0.15, -0.1) is 0 Å². The highest BCUT2D eigenvalue weighted by atomic mass is 16.5. The number of carbonyl (C=O) groups is 2. The maximum atomic E-state index is 13.6. The van der Waals surface area contributed by atoms with Gasteiger partial charge in [0.2, 0.25) is 5.91 Å². The topological polar surface area (TPSA) is 87.9 Å². The molecule has 2 heterocycles. The highest BCUT2D eigenvalue weighted by Crippen LogP contribution is 2.30. The monoisotopic (exact) mass is 530 g/mol. The normalized spacial score (nSPS) is 16.7. The summed E-state index contributed by atoms with van der Waals surface area (Å²) in [5.41, 5.74) is 2.50. The number of likely N-dealkylation sites (tertiary alicyclic amines) is 1. The van der Waals surface area contributed by atoms with Crippen LogP contribution in [0.1, 0.15) is 65.9 Å². The molecule has 1 N–H and O–H groups in total. The van der Waals surface area contributed by atoms with Crippen LogP contribution in [0.15, 0.2) is 65.2 Å². The lowest BCUT2D eigenvalue weighted by molar-refractivity contribution is -0.140. The number of ether oxygens (including phenoxy) is 1. The molecule has 1 aliphatic carbocycles. The molecule has 39 heavy (non-hydrogen) atoms. The molecule has 206 valence electrons. The second kappa shape index (κ2) is 12.9. The molecule has 0 bridgehead atoms. The van der Waals surface area contributed by atoms with Gasteiger partial charge in [-0.2, -0.15) is 0 Å². The number of amides is 2. The van der Waals surface area contributed by atoms with Gasteiger partial charge in [-0.25, -0.2) is 0 Å². The van der Waals surface area contributed by atoms with Gasteiger partial charge in [0.15, 0.2) is 11.5 Å². The Balaban J connectivity index is 1.20. The van der Waals surface area contributed by atoms with Gasteiger partial charge >= 0.3 is 0 Å². The second-order valence-corrected chi connectivity index (χ2v) is 10.6. The molecular formula is C31H38N4O4. The van der Waals surface area contributed by atoms with E-state index in [4.69, 9.17) is 9.26 Å². The highest BCUT2D eigenvalue weighted by molar-refractivity contribution is 5.92. The minimum absolute atomic E-state index is 0.0857. The summed E-state index contributed by atoms with van der Waals surface area (Å²) >= 11 is 0. The maximum Gasteiger partial charge on any atom is 0.273 e. The Labute approximate surface area is 230 Å². The molecule has 0 atom stereocenters. The number of benzene rings is 2. The summed E-state index contributed by atoms with van der Waals surface area (Å²) in [5, 5.41) is 6.90. The third kappa shape index (κ3) is 7.06. The number of rotatable bonds is 10. The van der Waals surface area contributed by atoms with E-state index in [-0.39, 0.29) is 29.5 Å². The van der Waals surface area contributed by atoms with Gasteiger partial charge in [0, 0.05) is 44.2 Å². The van der Waals surface area contributed by atoms with Gasteiger partial charge in [0.05, 0.1) is 13.7 Å². The Morgan fingerprint density at radius 3 is 2.41 bits per heavy atom.